The van der Waals surface area contributed by atoms with Crippen LogP contribution in [0.3, 0.4) is 0 Å². The Balaban J connectivity index is 1.28. The lowest BCUT2D eigenvalue weighted by atomic mass is 9.72. The van der Waals surface area contributed by atoms with Gasteiger partial charge in [-0.25, -0.2) is 0 Å². The molecule has 1 aliphatic rings. The highest BCUT2D eigenvalue weighted by Crippen LogP contribution is 2.50. The van der Waals surface area contributed by atoms with Crippen molar-refractivity contribution in [2.24, 2.45) is 0 Å². The number of aromatic nitrogens is 3. The second-order valence-corrected chi connectivity index (χ2v) is 13.0. The van der Waals surface area contributed by atoms with E-state index in [9.17, 15) is 0 Å². The van der Waals surface area contributed by atoms with Crippen LogP contribution >= 0.6 is 0 Å². The summed E-state index contributed by atoms with van der Waals surface area (Å²) in [5.74, 6) is 0.499. The monoisotopic (exact) mass is 597 g/mol. The lowest BCUT2D eigenvalue weighted by Gasteiger charge is -2.33. The zero-order valence-electron chi connectivity index (χ0n) is 25.7. The van der Waals surface area contributed by atoms with E-state index in [-0.39, 0.29) is 5.92 Å². The van der Waals surface area contributed by atoms with E-state index in [1.165, 1.54) is 76.8 Å². The van der Waals surface area contributed by atoms with Gasteiger partial charge in [0.2, 0.25) is 0 Å². The Bertz CT molecular complexity index is 2870. The Kier molecular flexibility index (Phi) is 4.81. The molecule has 0 saturated carbocycles. The molecule has 0 amide bonds. The van der Waals surface area contributed by atoms with Crippen LogP contribution in [0, 0.1) is 12.1 Å². The molecule has 0 N–H and O–H groups in total. The van der Waals surface area contributed by atoms with Gasteiger partial charge in [-0.05, 0) is 59.0 Å². The van der Waals surface area contributed by atoms with Gasteiger partial charge in [0.05, 0.1) is 50.5 Å². The molecule has 218 valence electrons. The molecule has 3 heteroatoms. The number of para-hydroxylation sites is 2. The summed E-state index contributed by atoms with van der Waals surface area (Å²) in [7, 11) is 0. The number of fused-ring (bicyclic) bond motifs is 13. The zero-order chi connectivity index (χ0) is 30.8. The average molecular weight is 598 g/mol. The lowest BCUT2D eigenvalue weighted by Crippen LogP contribution is -2.18. The van der Waals surface area contributed by atoms with Crippen molar-refractivity contribution in [2.45, 2.75) is 18.8 Å². The number of hydrogen-bond acceptors (Lipinski definition) is 1. The Morgan fingerprint density at radius 2 is 1.38 bits per heavy atom. The molecule has 10 aromatic rings. The molecule has 0 aliphatic heterocycles. The smallest absolute Gasteiger partial charge is 0.0651 e. The largest absolute Gasteiger partial charge is 0.308 e. The molecule has 0 bridgehead atoms. The topological polar surface area (TPSA) is 22.2 Å². The van der Waals surface area contributed by atoms with Crippen molar-refractivity contribution in [3.8, 4) is 16.8 Å². The van der Waals surface area contributed by atoms with Gasteiger partial charge >= 0.3 is 0 Å². The second kappa shape index (κ2) is 9.00. The van der Waals surface area contributed by atoms with Crippen molar-refractivity contribution in [2.75, 3.05) is 0 Å². The number of pyridine rings is 1. The lowest BCUT2D eigenvalue weighted by molar-refractivity contribution is 0.632. The number of hydrogen-bond donors (Lipinski definition) is 0. The normalized spacial score (nSPS) is 16.0. The summed E-state index contributed by atoms with van der Waals surface area (Å²) in [5, 5.41) is 7.40. The first kappa shape index (κ1) is 25.1. The van der Waals surface area contributed by atoms with Crippen LogP contribution in [0.15, 0.2) is 134 Å². The third-order valence-electron chi connectivity index (χ3n) is 10.7. The molecule has 0 fully saturated rings. The minimum atomic E-state index is 0.183. The first-order valence-corrected chi connectivity index (χ1v) is 16.3. The molecule has 0 radical (unpaired) electrons. The fourth-order valence-corrected chi connectivity index (χ4v) is 8.82. The van der Waals surface area contributed by atoms with Crippen molar-refractivity contribution in [1.29, 1.82) is 0 Å². The van der Waals surface area contributed by atoms with E-state index in [0.717, 1.165) is 16.8 Å². The molecule has 4 heterocycles. The van der Waals surface area contributed by atoms with Crippen molar-refractivity contribution < 1.29 is 0 Å². The summed E-state index contributed by atoms with van der Waals surface area (Å²) >= 11 is 0. The maximum absolute atomic E-state index is 5.35. The summed E-state index contributed by atoms with van der Waals surface area (Å²) in [4.78, 5) is 5.35. The third kappa shape index (κ3) is 3.15. The Morgan fingerprint density at radius 3 is 2.26 bits per heavy atom. The van der Waals surface area contributed by atoms with Crippen LogP contribution in [-0.4, -0.2) is 14.0 Å². The van der Waals surface area contributed by atoms with E-state index in [2.05, 4.69) is 156 Å². The Hall–Kier alpha value is -6.11. The van der Waals surface area contributed by atoms with E-state index >= 15 is 0 Å². The van der Waals surface area contributed by atoms with Gasteiger partial charge in [-0.15, -0.1) is 0 Å². The fraction of sp³-hybridized carbons (Fsp3) is 0.0682. The van der Waals surface area contributed by atoms with E-state index < -0.39 is 0 Å². The van der Waals surface area contributed by atoms with Gasteiger partial charge in [0.25, 0.3) is 0 Å². The minimum absolute atomic E-state index is 0.183. The van der Waals surface area contributed by atoms with Gasteiger partial charge in [0.15, 0.2) is 0 Å². The van der Waals surface area contributed by atoms with Crippen LogP contribution in [0.1, 0.15) is 35.6 Å². The van der Waals surface area contributed by atoms with Gasteiger partial charge < -0.3 is 8.97 Å². The molecule has 3 nitrogen and oxygen atoms in total. The summed E-state index contributed by atoms with van der Waals surface area (Å²) < 4.78 is 4.86. The molecule has 4 aromatic heterocycles. The van der Waals surface area contributed by atoms with Crippen molar-refractivity contribution >= 4 is 59.9 Å². The standard InChI is InChI=1S/C44H27N3/c1-26-29-15-5-6-16-30(29)34-23-28(25-45-43(34)40(26)27-13-3-2-4-14-27)46-37-21-11-8-18-32(37)41-39(46)24-35-31-17-7-10-20-36(31)47-38-22-12-9-19-33(38)42(41)44(35)47/h2-6,8-16,18-26,40H,1H3/t26?,40-/m1/s1. The van der Waals surface area contributed by atoms with E-state index in [1.54, 1.807) is 0 Å². The van der Waals surface area contributed by atoms with Crippen LogP contribution in [-0.2, 0) is 0 Å². The quantitative estimate of drug-likeness (QED) is 0.194. The summed E-state index contributed by atoms with van der Waals surface area (Å²) in [6.45, 7) is 2.35. The highest BCUT2D eigenvalue weighted by atomic mass is 15.0. The van der Waals surface area contributed by atoms with Gasteiger partial charge in [-0.1, -0.05) is 110 Å². The summed E-state index contributed by atoms with van der Waals surface area (Å²) in [5.41, 5.74) is 13.4. The first-order chi connectivity index (χ1) is 23.3. The second-order valence-electron chi connectivity index (χ2n) is 13.0. The molecule has 0 saturated heterocycles. The first-order valence-electron chi connectivity index (χ1n) is 16.3. The molecule has 0 spiro atoms. The number of benzene rings is 5. The van der Waals surface area contributed by atoms with Crippen molar-refractivity contribution in [1.82, 2.24) is 14.0 Å². The maximum Gasteiger partial charge on any atom is 0.0651 e. The average Bonchev–Trinajstić information content (AvgIpc) is 3.77. The predicted octanol–water partition coefficient (Wildman–Crippen LogP) is 10.8. The molecular weight excluding hydrogens is 571 g/mol. The summed E-state index contributed by atoms with van der Waals surface area (Å²) in [6.07, 6.45) is 2.10. The Morgan fingerprint density at radius 1 is 0.638 bits per heavy atom. The predicted molar refractivity (Wildman–Crippen MR) is 193 cm³/mol. The highest BCUT2D eigenvalue weighted by molar-refractivity contribution is 6.35. The molecule has 1 unspecified atom stereocenters. The number of nitrogens with zero attached hydrogens (tertiary/aromatic N) is 3. The molecular formula is C44H27N3. The number of rotatable bonds is 2. The van der Waals surface area contributed by atoms with Gasteiger partial charge in [0, 0.05) is 38.4 Å². The molecule has 47 heavy (non-hydrogen) atoms. The highest BCUT2D eigenvalue weighted by Gasteiger charge is 2.34. The molecule has 11 rings (SSSR count). The molecule has 1 aliphatic carbocycles. The van der Waals surface area contributed by atoms with E-state index in [4.69, 9.17) is 4.98 Å². The van der Waals surface area contributed by atoms with E-state index in [0.29, 0.717) is 5.92 Å². The third-order valence-corrected chi connectivity index (χ3v) is 10.7. The van der Waals surface area contributed by atoms with Crippen LogP contribution in [0.2, 0.25) is 0 Å². The van der Waals surface area contributed by atoms with Crippen molar-refractivity contribution in [3.05, 3.63) is 163 Å². The maximum atomic E-state index is 5.35. The molecule has 2 atom stereocenters. The minimum Gasteiger partial charge on any atom is -0.308 e. The zero-order valence-corrected chi connectivity index (χ0v) is 25.7. The van der Waals surface area contributed by atoms with Crippen LogP contribution < -0.4 is 0 Å². The van der Waals surface area contributed by atoms with Crippen molar-refractivity contribution in [3.63, 3.8) is 0 Å². The SMILES string of the molecule is CC1c2ccccc2-c2cc(-n3c4ccccc4c4c5c6ccccc6n6c7ccc#cc7c(cc43)c56)cnc2[C@H]1c1ccccc1. The van der Waals surface area contributed by atoms with Crippen LogP contribution in [0.5, 0.6) is 0 Å². The van der Waals surface area contributed by atoms with Crippen LogP contribution in [0.4, 0.5) is 0 Å². The van der Waals surface area contributed by atoms with Gasteiger partial charge in [-0.3, -0.25) is 4.98 Å². The van der Waals surface area contributed by atoms with E-state index in [1.807, 2.05) is 6.07 Å². The van der Waals surface area contributed by atoms with Crippen LogP contribution in [0.25, 0.3) is 76.7 Å². The van der Waals surface area contributed by atoms with Gasteiger partial charge in [0.1, 0.15) is 0 Å². The summed E-state index contributed by atoms with van der Waals surface area (Å²) in [6, 6.07) is 53.0. The van der Waals surface area contributed by atoms with Gasteiger partial charge in [-0.2, -0.15) is 0 Å². The fourth-order valence-electron chi connectivity index (χ4n) is 8.82. The molecule has 6 aromatic carbocycles. The Labute approximate surface area is 271 Å².